The number of aromatic nitrogens is 4. The van der Waals surface area contributed by atoms with Gasteiger partial charge in [-0.3, -0.25) is 4.98 Å². The van der Waals surface area contributed by atoms with Gasteiger partial charge in [0.2, 0.25) is 0 Å². The first-order chi connectivity index (χ1) is 13.2. The van der Waals surface area contributed by atoms with Crippen molar-refractivity contribution in [1.82, 2.24) is 19.4 Å². The third-order valence-electron chi connectivity index (χ3n) is 4.77. The van der Waals surface area contributed by atoms with E-state index in [1.807, 2.05) is 36.5 Å². The van der Waals surface area contributed by atoms with E-state index in [0.717, 1.165) is 40.3 Å². The molecule has 6 nitrogen and oxygen atoms in total. The minimum Gasteiger partial charge on any atom is -0.383 e. The number of nitrogens with two attached hydrogens (primary N) is 1. The van der Waals surface area contributed by atoms with Gasteiger partial charge in [0.15, 0.2) is 0 Å². The molecule has 1 unspecified atom stereocenters. The minimum atomic E-state index is 0.0153. The van der Waals surface area contributed by atoms with Gasteiger partial charge in [-0.05, 0) is 43.7 Å². The van der Waals surface area contributed by atoms with Crippen molar-refractivity contribution >= 4 is 17.2 Å². The number of nitrogen functional groups attached to an aromatic ring is 1. The Morgan fingerprint density at radius 2 is 1.96 bits per heavy atom. The second kappa shape index (κ2) is 7.07. The molecule has 4 heterocycles. The number of rotatable bonds is 5. The van der Waals surface area contributed by atoms with Crippen molar-refractivity contribution < 1.29 is 0 Å². The van der Waals surface area contributed by atoms with Gasteiger partial charge in [0.1, 0.15) is 18.0 Å². The SMILES string of the molecule is CCc1c(N)ncnc1NC(C)c1cc2ccccn2c1-c1ccccn1. The van der Waals surface area contributed by atoms with Gasteiger partial charge in [-0.15, -0.1) is 0 Å². The Balaban J connectivity index is 1.81. The molecular formula is C21H22N6. The molecule has 0 aliphatic heterocycles. The lowest BCUT2D eigenvalue weighted by atomic mass is 10.1. The van der Waals surface area contributed by atoms with E-state index in [2.05, 4.69) is 56.8 Å². The van der Waals surface area contributed by atoms with Crippen molar-refractivity contribution in [3.05, 3.63) is 72.3 Å². The van der Waals surface area contributed by atoms with Gasteiger partial charge in [0, 0.05) is 29.0 Å². The monoisotopic (exact) mass is 358 g/mol. The number of anilines is 2. The standard InChI is InChI=1S/C21H22N6/c1-3-16-20(22)24-13-25-21(16)26-14(2)17-12-15-8-5-7-11-27(15)19(17)18-9-4-6-10-23-18/h4-14H,3H2,1-2H3,(H3,22,24,25,26). The maximum atomic E-state index is 6.02. The molecule has 0 fully saturated rings. The third-order valence-corrected chi connectivity index (χ3v) is 4.77. The summed E-state index contributed by atoms with van der Waals surface area (Å²) in [6, 6.07) is 14.3. The average Bonchev–Trinajstić information content (AvgIpc) is 3.08. The number of nitrogens with one attached hydrogen (secondary N) is 1. The van der Waals surface area contributed by atoms with Crippen LogP contribution in [-0.2, 0) is 6.42 Å². The van der Waals surface area contributed by atoms with Crippen molar-refractivity contribution in [3.8, 4) is 11.4 Å². The molecule has 1 atom stereocenters. The zero-order chi connectivity index (χ0) is 18.8. The largest absolute Gasteiger partial charge is 0.383 e. The summed E-state index contributed by atoms with van der Waals surface area (Å²) in [4.78, 5) is 13.1. The highest BCUT2D eigenvalue weighted by molar-refractivity contribution is 5.71. The maximum absolute atomic E-state index is 6.02. The van der Waals surface area contributed by atoms with Crippen LogP contribution in [0, 0.1) is 0 Å². The minimum absolute atomic E-state index is 0.0153. The average molecular weight is 358 g/mol. The lowest BCUT2D eigenvalue weighted by Crippen LogP contribution is -2.12. The first kappa shape index (κ1) is 17.0. The molecule has 0 saturated heterocycles. The van der Waals surface area contributed by atoms with Crippen molar-refractivity contribution in [1.29, 1.82) is 0 Å². The number of nitrogens with zero attached hydrogens (tertiary/aromatic N) is 4. The molecule has 0 bridgehead atoms. The summed E-state index contributed by atoms with van der Waals surface area (Å²) in [6.45, 7) is 4.18. The number of fused-ring (bicyclic) bond motifs is 1. The van der Waals surface area contributed by atoms with Crippen molar-refractivity contribution in [2.45, 2.75) is 26.3 Å². The van der Waals surface area contributed by atoms with E-state index < -0.39 is 0 Å². The van der Waals surface area contributed by atoms with Crippen LogP contribution in [0.3, 0.4) is 0 Å². The van der Waals surface area contributed by atoms with Crippen LogP contribution >= 0.6 is 0 Å². The van der Waals surface area contributed by atoms with Gasteiger partial charge >= 0.3 is 0 Å². The molecule has 6 heteroatoms. The number of hydrogen-bond donors (Lipinski definition) is 2. The van der Waals surface area contributed by atoms with E-state index in [1.165, 1.54) is 6.33 Å². The summed E-state index contributed by atoms with van der Waals surface area (Å²) >= 11 is 0. The van der Waals surface area contributed by atoms with E-state index in [-0.39, 0.29) is 6.04 Å². The molecule has 4 aromatic rings. The van der Waals surface area contributed by atoms with Crippen LogP contribution in [-0.4, -0.2) is 19.4 Å². The van der Waals surface area contributed by atoms with E-state index in [0.29, 0.717) is 5.82 Å². The molecule has 4 aromatic heterocycles. The predicted molar refractivity (Wildman–Crippen MR) is 108 cm³/mol. The van der Waals surface area contributed by atoms with Crippen molar-refractivity contribution in [3.63, 3.8) is 0 Å². The molecule has 3 N–H and O–H groups in total. The van der Waals surface area contributed by atoms with Crippen molar-refractivity contribution in [2.75, 3.05) is 11.1 Å². The summed E-state index contributed by atoms with van der Waals surface area (Å²) < 4.78 is 2.17. The Morgan fingerprint density at radius 3 is 2.74 bits per heavy atom. The zero-order valence-corrected chi connectivity index (χ0v) is 15.4. The van der Waals surface area contributed by atoms with Gasteiger partial charge in [-0.2, -0.15) is 0 Å². The molecule has 4 rings (SSSR count). The third kappa shape index (κ3) is 3.10. The Morgan fingerprint density at radius 1 is 1.11 bits per heavy atom. The van der Waals surface area contributed by atoms with Crippen LogP contribution in [0.2, 0.25) is 0 Å². The summed E-state index contributed by atoms with van der Waals surface area (Å²) in [7, 11) is 0. The molecule has 0 aromatic carbocycles. The van der Waals surface area contributed by atoms with Crippen LogP contribution in [0.1, 0.15) is 31.0 Å². The van der Waals surface area contributed by atoms with E-state index >= 15 is 0 Å². The van der Waals surface area contributed by atoms with Gasteiger partial charge < -0.3 is 15.5 Å². The molecule has 0 radical (unpaired) electrons. The fraction of sp³-hybridized carbons (Fsp3) is 0.190. The summed E-state index contributed by atoms with van der Waals surface area (Å²) in [5.74, 6) is 1.30. The normalized spacial score (nSPS) is 12.2. The molecule has 0 spiro atoms. The summed E-state index contributed by atoms with van der Waals surface area (Å²) in [5, 5.41) is 3.52. The lowest BCUT2D eigenvalue weighted by molar-refractivity contribution is 0.864. The van der Waals surface area contributed by atoms with Crippen LogP contribution in [0.5, 0.6) is 0 Å². The van der Waals surface area contributed by atoms with E-state index in [9.17, 15) is 0 Å². The van der Waals surface area contributed by atoms with Gasteiger partial charge in [0.05, 0.1) is 17.4 Å². The molecule has 136 valence electrons. The Hall–Kier alpha value is -3.41. The fourth-order valence-corrected chi connectivity index (χ4v) is 3.43. The second-order valence-electron chi connectivity index (χ2n) is 6.46. The number of pyridine rings is 2. The highest BCUT2D eigenvalue weighted by atomic mass is 15.1. The molecular weight excluding hydrogens is 336 g/mol. The van der Waals surface area contributed by atoms with Crippen molar-refractivity contribution in [2.24, 2.45) is 0 Å². The Labute approximate surface area is 158 Å². The highest BCUT2D eigenvalue weighted by Gasteiger charge is 2.19. The lowest BCUT2D eigenvalue weighted by Gasteiger charge is -2.18. The molecule has 0 aliphatic carbocycles. The topological polar surface area (TPSA) is 81.1 Å². The first-order valence-corrected chi connectivity index (χ1v) is 9.06. The fourth-order valence-electron chi connectivity index (χ4n) is 3.43. The van der Waals surface area contributed by atoms with Gasteiger partial charge in [-0.1, -0.05) is 19.1 Å². The van der Waals surface area contributed by atoms with Crippen LogP contribution in [0.15, 0.2) is 61.2 Å². The molecule has 0 saturated carbocycles. The maximum Gasteiger partial charge on any atom is 0.135 e. The van der Waals surface area contributed by atoms with Crippen LogP contribution < -0.4 is 11.1 Å². The zero-order valence-electron chi connectivity index (χ0n) is 15.4. The summed E-state index contributed by atoms with van der Waals surface area (Å²) in [6.07, 6.45) is 6.15. The van der Waals surface area contributed by atoms with Gasteiger partial charge in [0.25, 0.3) is 0 Å². The van der Waals surface area contributed by atoms with Crippen LogP contribution in [0.4, 0.5) is 11.6 Å². The Bertz CT molecular complexity index is 1070. The highest BCUT2D eigenvalue weighted by Crippen LogP contribution is 2.33. The molecule has 0 amide bonds. The first-order valence-electron chi connectivity index (χ1n) is 9.06. The summed E-state index contributed by atoms with van der Waals surface area (Å²) in [5.41, 5.74) is 11.2. The molecule has 27 heavy (non-hydrogen) atoms. The predicted octanol–water partition coefficient (Wildman–Crippen LogP) is 4.11. The molecule has 0 aliphatic rings. The smallest absolute Gasteiger partial charge is 0.135 e. The number of hydrogen-bond acceptors (Lipinski definition) is 5. The Kier molecular flexibility index (Phi) is 4.46. The van der Waals surface area contributed by atoms with E-state index in [4.69, 9.17) is 5.73 Å². The van der Waals surface area contributed by atoms with Crippen LogP contribution in [0.25, 0.3) is 16.9 Å². The van der Waals surface area contributed by atoms with Gasteiger partial charge in [-0.25, -0.2) is 9.97 Å². The van der Waals surface area contributed by atoms with E-state index in [1.54, 1.807) is 0 Å². The quantitative estimate of drug-likeness (QED) is 0.561. The second-order valence-corrected chi connectivity index (χ2v) is 6.46.